The first-order chi connectivity index (χ1) is 15.5. The van der Waals surface area contributed by atoms with Gasteiger partial charge >= 0.3 is 5.97 Å². The summed E-state index contributed by atoms with van der Waals surface area (Å²) in [5.41, 5.74) is 4.62. The Bertz CT molecular complexity index is 1020. The number of anilines is 1. The fourth-order valence-electron chi connectivity index (χ4n) is 4.09. The fraction of sp³-hybridized carbons (Fsp3) is 0.333. The number of para-hydroxylation sites is 1. The summed E-state index contributed by atoms with van der Waals surface area (Å²) < 4.78 is 2.21. The lowest BCUT2D eigenvalue weighted by atomic mass is 9.96. The van der Waals surface area contributed by atoms with E-state index in [0.717, 1.165) is 48.3 Å². The molecule has 1 aromatic heterocycles. The van der Waals surface area contributed by atoms with Crippen molar-refractivity contribution in [3.63, 3.8) is 0 Å². The van der Waals surface area contributed by atoms with Gasteiger partial charge in [-0.1, -0.05) is 75.2 Å². The Morgan fingerprint density at radius 1 is 0.906 bits per heavy atom. The van der Waals surface area contributed by atoms with Crippen molar-refractivity contribution in [2.75, 3.05) is 5.32 Å². The Balaban J connectivity index is 1.88. The third kappa shape index (κ3) is 6.10. The number of carbonyl (C=O) groups is 2. The Morgan fingerprint density at radius 3 is 2.16 bits per heavy atom. The van der Waals surface area contributed by atoms with Crippen molar-refractivity contribution in [1.82, 2.24) is 4.57 Å². The van der Waals surface area contributed by atoms with E-state index in [1.165, 1.54) is 0 Å². The normalized spacial score (nSPS) is 11.0. The van der Waals surface area contributed by atoms with Gasteiger partial charge in [0.15, 0.2) is 0 Å². The van der Waals surface area contributed by atoms with Gasteiger partial charge in [0.05, 0.1) is 5.56 Å². The Kier molecular flexibility index (Phi) is 8.26. The molecule has 5 nitrogen and oxygen atoms in total. The summed E-state index contributed by atoms with van der Waals surface area (Å²) in [6.45, 7) is 5.12. The molecule has 0 fully saturated rings. The number of carboxylic acids is 1. The molecule has 2 aromatic carbocycles. The van der Waals surface area contributed by atoms with Crippen LogP contribution in [0.4, 0.5) is 5.69 Å². The lowest BCUT2D eigenvalue weighted by Gasteiger charge is -2.15. The molecule has 3 aromatic rings. The number of aliphatic carboxylic acids is 1. The number of hydrogen-bond donors (Lipinski definition) is 2. The Hall–Kier alpha value is -3.34. The van der Waals surface area contributed by atoms with Crippen LogP contribution in [-0.4, -0.2) is 21.6 Å². The third-order valence-electron chi connectivity index (χ3n) is 5.55. The van der Waals surface area contributed by atoms with Crippen LogP contribution < -0.4 is 5.32 Å². The number of rotatable bonds is 11. The van der Waals surface area contributed by atoms with Gasteiger partial charge in [-0.2, -0.15) is 0 Å². The molecule has 0 saturated heterocycles. The zero-order chi connectivity index (χ0) is 22.9. The molecule has 0 bridgehead atoms. The second-order valence-corrected chi connectivity index (χ2v) is 8.40. The minimum atomic E-state index is -0.737. The lowest BCUT2D eigenvalue weighted by molar-refractivity contribution is -0.137. The summed E-state index contributed by atoms with van der Waals surface area (Å²) in [7, 11) is 0. The molecule has 0 unspecified atom stereocenters. The highest BCUT2D eigenvalue weighted by Crippen LogP contribution is 2.35. The number of nitrogens with one attached hydrogen (secondary N) is 1. The van der Waals surface area contributed by atoms with E-state index in [2.05, 4.69) is 35.9 Å². The SMILES string of the molecule is CC(C)c1c(-c2ccccc2)c(C(=O)Nc2ccccc2)cn1CCCCCCC(=O)O. The summed E-state index contributed by atoms with van der Waals surface area (Å²) >= 11 is 0. The highest BCUT2D eigenvalue weighted by Gasteiger charge is 2.23. The molecule has 0 radical (unpaired) electrons. The average Bonchev–Trinajstić information content (AvgIpc) is 3.17. The zero-order valence-corrected chi connectivity index (χ0v) is 18.9. The topological polar surface area (TPSA) is 71.3 Å². The number of nitrogens with zero attached hydrogens (tertiary/aromatic N) is 1. The molecular formula is C27H32N2O3. The number of aryl methyl sites for hydroxylation is 1. The number of aromatic nitrogens is 1. The number of amides is 1. The highest BCUT2D eigenvalue weighted by atomic mass is 16.4. The second-order valence-electron chi connectivity index (χ2n) is 8.40. The Morgan fingerprint density at radius 2 is 1.53 bits per heavy atom. The minimum absolute atomic E-state index is 0.114. The van der Waals surface area contributed by atoms with E-state index in [4.69, 9.17) is 5.11 Å². The summed E-state index contributed by atoms with van der Waals surface area (Å²) in [4.78, 5) is 24.0. The molecule has 0 spiro atoms. The van der Waals surface area contributed by atoms with Crippen LogP contribution in [0, 0.1) is 0 Å². The number of hydrogen-bond acceptors (Lipinski definition) is 2. The summed E-state index contributed by atoms with van der Waals surface area (Å²) in [6, 6.07) is 19.6. The van der Waals surface area contributed by atoms with Gasteiger partial charge < -0.3 is 15.0 Å². The van der Waals surface area contributed by atoms with Crippen LogP contribution in [-0.2, 0) is 11.3 Å². The van der Waals surface area contributed by atoms with Gasteiger partial charge in [-0.15, -0.1) is 0 Å². The molecule has 0 aliphatic rings. The summed E-state index contributed by atoms with van der Waals surface area (Å²) in [6.07, 6.45) is 5.72. The van der Waals surface area contributed by atoms with Crippen molar-refractivity contribution in [3.8, 4) is 11.1 Å². The maximum atomic E-state index is 13.3. The van der Waals surface area contributed by atoms with Crippen molar-refractivity contribution >= 4 is 17.6 Å². The summed E-state index contributed by atoms with van der Waals surface area (Å²) in [5.74, 6) is -0.605. The highest BCUT2D eigenvalue weighted by molar-refractivity contribution is 6.09. The van der Waals surface area contributed by atoms with E-state index in [-0.39, 0.29) is 18.2 Å². The predicted molar refractivity (Wildman–Crippen MR) is 129 cm³/mol. The molecule has 2 N–H and O–H groups in total. The molecule has 0 aliphatic carbocycles. The van der Waals surface area contributed by atoms with Crippen LogP contribution in [0.1, 0.15) is 67.9 Å². The maximum Gasteiger partial charge on any atom is 0.303 e. The van der Waals surface area contributed by atoms with Crippen molar-refractivity contribution in [3.05, 3.63) is 78.1 Å². The Labute approximate surface area is 190 Å². The number of benzene rings is 2. The first-order valence-electron chi connectivity index (χ1n) is 11.3. The van der Waals surface area contributed by atoms with Crippen LogP contribution in [0.25, 0.3) is 11.1 Å². The van der Waals surface area contributed by atoms with Crippen molar-refractivity contribution in [2.45, 2.75) is 58.4 Å². The van der Waals surface area contributed by atoms with Gasteiger partial charge in [0.2, 0.25) is 0 Å². The molecule has 32 heavy (non-hydrogen) atoms. The molecule has 0 aliphatic heterocycles. The van der Waals surface area contributed by atoms with Gasteiger partial charge in [0.1, 0.15) is 0 Å². The molecule has 1 amide bonds. The van der Waals surface area contributed by atoms with Crippen molar-refractivity contribution in [1.29, 1.82) is 0 Å². The summed E-state index contributed by atoms with van der Waals surface area (Å²) in [5, 5.41) is 11.8. The molecule has 0 atom stereocenters. The monoisotopic (exact) mass is 432 g/mol. The smallest absolute Gasteiger partial charge is 0.303 e. The first-order valence-corrected chi connectivity index (χ1v) is 11.3. The van der Waals surface area contributed by atoms with Crippen molar-refractivity contribution < 1.29 is 14.7 Å². The van der Waals surface area contributed by atoms with E-state index in [9.17, 15) is 9.59 Å². The molecular weight excluding hydrogens is 400 g/mol. The first kappa shape index (κ1) is 23.3. The second kappa shape index (κ2) is 11.3. The number of carbonyl (C=O) groups excluding carboxylic acids is 1. The maximum absolute atomic E-state index is 13.3. The minimum Gasteiger partial charge on any atom is -0.481 e. The third-order valence-corrected chi connectivity index (χ3v) is 5.55. The average molecular weight is 433 g/mol. The molecule has 168 valence electrons. The molecule has 5 heteroatoms. The standard InChI is InChI=1S/C27H32N2O3/c1-20(2)26-25(21-13-7-5-8-14-21)23(27(32)28-22-15-9-6-10-16-22)19-29(26)18-12-4-3-11-17-24(30)31/h5-10,13-16,19-20H,3-4,11-12,17-18H2,1-2H3,(H,28,32)(H,30,31). The van der Waals surface area contributed by atoms with E-state index < -0.39 is 5.97 Å². The van der Waals surface area contributed by atoms with E-state index in [0.29, 0.717) is 12.0 Å². The molecule has 1 heterocycles. The van der Waals surface area contributed by atoms with Crippen LogP contribution in [0.5, 0.6) is 0 Å². The quantitative estimate of drug-likeness (QED) is 0.337. The number of carboxylic acid groups (broad SMARTS) is 1. The zero-order valence-electron chi connectivity index (χ0n) is 18.9. The molecule has 3 rings (SSSR count). The number of unbranched alkanes of at least 4 members (excludes halogenated alkanes) is 3. The van der Waals surface area contributed by atoms with E-state index >= 15 is 0 Å². The van der Waals surface area contributed by atoms with Gasteiger partial charge in [-0.25, -0.2) is 0 Å². The van der Waals surface area contributed by atoms with Crippen LogP contribution >= 0.6 is 0 Å². The van der Waals surface area contributed by atoms with E-state index in [1.807, 2.05) is 54.7 Å². The van der Waals surface area contributed by atoms with Gasteiger partial charge in [-0.3, -0.25) is 9.59 Å². The van der Waals surface area contributed by atoms with Crippen LogP contribution in [0.3, 0.4) is 0 Å². The fourth-order valence-corrected chi connectivity index (χ4v) is 4.09. The largest absolute Gasteiger partial charge is 0.481 e. The van der Waals surface area contributed by atoms with Crippen LogP contribution in [0.2, 0.25) is 0 Å². The van der Waals surface area contributed by atoms with Crippen LogP contribution in [0.15, 0.2) is 66.9 Å². The van der Waals surface area contributed by atoms with E-state index in [1.54, 1.807) is 0 Å². The predicted octanol–water partition coefficient (Wildman–Crippen LogP) is 6.57. The van der Waals surface area contributed by atoms with Gasteiger partial charge in [0.25, 0.3) is 5.91 Å². The van der Waals surface area contributed by atoms with Gasteiger partial charge in [-0.05, 0) is 36.5 Å². The molecule has 0 saturated carbocycles. The van der Waals surface area contributed by atoms with Crippen molar-refractivity contribution in [2.24, 2.45) is 0 Å². The lowest BCUT2D eigenvalue weighted by Crippen LogP contribution is -2.12. The van der Waals surface area contributed by atoms with Gasteiger partial charge in [0, 0.05) is 36.1 Å².